The molecule has 9 aromatic rings. The van der Waals surface area contributed by atoms with Crippen molar-refractivity contribution in [2.45, 2.75) is 71.1 Å². The van der Waals surface area contributed by atoms with Gasteiger partial charge < -0.3 is 9.64 Å². The summed E-state index contributed by atoms with van der Waals surface area (Å²) >= 11 is 0. The summed E-state index contributed by atoms with van der Waals surface area (Å²) in [5.74, 6) is 2.27. The van der Waals surface area contributed by atoms with Crippen LogP contribution in [0.5, 0.6) is 11.5 Å². The molecule has 2 heteroatoms. The second-order valence-electron chi connectivity index (χ2n) is 20.6. The van der Waals surface area contributed by atoms with Gasteiger partial charge in [0.2, 0.25) is 0 Å². The molecule has 0 bridgehead atoms. The lowest BCUT2D eigenvalue weighted by atomic mass is 9.67. The molecule has 0 N–H and O–H groups in total. The number of nitrogens with zero attached hydrogens (tertiary/aromatic N) is 1. The average molecular weight is 884 g/mol. The van der Waals surface area contributed by atoms with E-state index in [-0.39, 0.29) is 10.8 Å². The normalized spacial score (nSPS) is 14.4. The first kappa shape index (κ1) is 44.4. The van der Waals surface area contributed by atoms with Crippen LogP contribution in [0.2, 0.25) is 0 Å². The van der Waals surface area contributed by atoms with E-state index in [2.05, 4.69) is 278 Å². The Labute approximate surface area is 404 Å². The summed E-state index contributed by atoms with van der Waals surface area (Å²) in [5, 5.41) is 0. The second kappa shape index (κ2) is 18.0. The van der Waals surface area contributed by atoms with Gasteiger partial charge >= 0.3 is 0 Å². The number of fused-ring (bicyclic) bond motifs is 3. The Morgan fingerprint density at radius 3 is 1.35 bits per heavy atom. The molecule has 0 heterocycles. The third kappa shape index (κ3) is 8.45. The third-order valence-electron chi connectivity index (χ3n) is 14.0. The highest BCUT2D eigenvalue weighted by Gasteiger charge is 2.46. The number of hydrogen-bond donors (Lipinski definition) is 0. The Morgan fingerprint density at radius 2 is 0.838 bits per heavy atom. The molecule has 0 spiro atoms. The van der Waals surface area contributed by atoms with Gasteiger partial charge in [0.05, 0.1) is 5.41 Å². The van der Waals surface area contributed by atoms with Gasteiger partial charge in [0.1, 0.15) is 11.5 Å². The van der Waals surface area contributed by atoms with E-state index >= 15 is 0 Å². The molecule has 1 atom stereocenters. The van der Waals surface area contributed by atoms with Crippen molar-refractivity contribution >= 4 is 17.1 Å². The van der Waals surface area contributed by atoms with Gasteiger partial charge in [0.15, 0.2) is 0 Å². The number of benzene rings is 9. The minimum Gasteiger partial charge on any atom is -0.457 e. The molecule has 0 fully saturated rings. The van der Waals surface area contributed by atoms with E-state index in [4.69, 9.17) is 4.74 Å². The van der Waals surface area contributed by atoms with Crippen molar-refractivity contribution < 1.29 is 4.74 Å². The summed E-state index contributed by atoms with van der Waals surface area (Å²) in [5.41, 5.74) is 17.6. The summed E-state index contributed by atoms with van der Waals surface area (Å²) in [7, 11) is 0. The summed E-state index contributed by atoms with van der Waals surface area (Å²) in [6, 6.07) is 82.3. The van der Waals surface area contributed by atoms with E-state index in [1.54, 1.807) is 0 Å². The quantitative estimate of drug-likeness (QED) is 0.121. The van der Waals surface area contributed by atoms with Crippen molar-refractivity contribution in [2.24, 2.45) is 5.92 Å². The first-order valence-corrected chi connectivity index (χ1v) is 24.2. The predicted molar refractivity (Wildman–Crippen MR) is 287 cm³/mol. The first-order chi connectivity index (χ1) is 32.9. The maximum absolute atomic E-state index is 6.59. The Balaban J connectivity index is 1.11. The van der Waals surface area contributed by atoms with E-state index < -0.39 is 5.41 Å². The van der Waals surface area contributed by atoms with Gasteiger partial charge in [-0.1, -0.05) is 212 Å². The first-order valence-electron chi connectivity index (χ1n) is 24.2. The van der Waals surface area contributed by atoms with Crippen molar-refractivity contribution in [1.82, 2.24) is 0 Å². The van der Waals surface area contributed by atoms with Gasteiger partial charge in [-0.2, -0.15) is 0 Å². The summed E-state index contributed by atoms with van der Waals surface area (Å²) in [6.07, 6.45) is 1.13. The molecule has 1 unspecified atom stereocenters. The van der Waals surface area contributed by atoms with Gasteiger partial charge in [-0.3, -0.25) is 0 Å². The molecule has 1 aliphatic carbocycles. The smallest absolute Gasteiger partial charge is 0.127 e. The lowest BCUT2D eigenvalue weighted by Gasteiger charge is -2.35. The van der Waals surface area contributed by atoms with E-state index in [0.29, 0.717) is 5.92 Å². The van der Waals surface area contributed by atoms with E-state index in [0.717, 1.165) is 35.0 Å². The van der Waals surface area contributed by atoms with Crippen LogP contribution in [0.25, 0.3) is 33.4 Å². The lowest BCUT2D eigenvalue weighted by molar-refractivity contribution is 0.399. The van der Waals surface area contributed by atoms with Crippen LogP contribution in [-0.4, -0.2) is 0 Å². The maximum atomic E-state index is 6.59. The van der Waals surface area contributed by atoms with Gasteiger partial charge in [-0.05, 0) is 151 Å². The van der Waals surface area contributed by atoms with Crippen LogP contribution >= 0.6 is 0 Å². The highest BCUT2D eigenvalue weighted by molar-refractivity contribution is 5.90. The Kier molecular flexibility index (Phi) is 11.8. The van der Waals surface area contributed by atoms with Crippen LogP contribution < -0.4 is 9.64 Å². The van der Waals surface area contributed by atoms with Crippen LogP contribution in [0, 0.1) is 5.92 Å². The fourth-order valence-corrected chi connectivity index (χ4v) is 10.8. The van der Waals surface area contributed by atoms with Crippen LogP contribution in [0.3, 0.4) is 0 Å². The molecule has 68 heavy (non-hydrogen) atoms. The van der Waals surface area contributed by atoms with Gasteiger partial charge in [0, 0.05) is 17.1 Å². The Bertz CT molecular complexity index is 3060. The zero-order valence-electron chi connectivity index (χ0n) is 40.5. The second-order valence-corrected chi connectivity index (χ2v) is 20.6. The molecule has 0 aliphatic heterocycles. The summed E-state index contributed by atoms with van der Waals surface area (Å²) in [6.45, 7) is 16.1. The zero-order chi connectivity index (χ0) is 47.0. The largest absolute Gasteiger partial charge is 0.457 e. The molecule has 0 aromatic heterocycles. The van der Waals surface area contributed by atoms with Crippen molar-refractivity contribution in [3.05, 3.63) is 258 Å². The highest BCUT2D eigenvalue weighted by Crippen LogP contribution is 2.57. The van der Waals surface area contributed by atoms with E-state index in [1.807, 2.05) is 0 Å². The number of hydrogen-bond acceptors (Lipinski definition) is 2. The summed E-state index contributed by atoms with van der Waals surface area (Å²) in [4.78, 5) is 2.41. The summed E-state index contributed by atoms with van der Waals surface area (Å²) < 4.78 is 6.59. The van der Waals surface area contributed by atoms with Crippen LogP contribution in [0.1, 0.15) is 88.3 Å². The van der Waals surface area contributed by atoms with Crippen LogP contribution in [-0.2, 0) is 16.2 Å². The van der Waals surface area contributed by atoms with Crippen molar-refractivity contribution in [3.63, 3.8) is 0 Å². The Hall–Kier alpha value is -7.42. The van der Waals surface area contributed by atoms with Gasteiger partial charge in [-0.15, -0.1) is 0 Å². The van der Waals surface area contributed by atoms with Crippen molar-refractivity contribution in [3.8, 4) is 44.9 Å². The molecule has 1 aliphatic rings. The van der Waals surface area contributed by atoms with Crippen LogP contribution in [0.15, 0.2) is 224 Å². The molecule has 0 amide bonds. The Morgan fingerprint density at radius 1 is 0.412 bits per heavy atom. The predicted octanol–water partition coefficient (Wildman–Crippen LogP) is 18.3. The third-order valence-corrected chi connectivity index (χ3v) is 14.0. The minimum atomic E-state index is -0.624. The average Bonchev–Trinajstić information content (AvgIpc) is 3.65. The fraction of sp³-hybridized carbons (Fsp3) is 0.182. The standard InChI is InChI=1S/C66H61NO/c1-46(2)45-65(6,7)52-30-39-58(40-31-52)68-59-41-32-54(33-42-59)66(53-28-26-51(27-29-53)64(3,4)5)62-21-15-14-20-60(62)61-43-38-57(44-63(61)66)67(55-34-22-49(23-35-55)47-16-10-8-11-17-47)56-36-24-50(25-37-56)48-18-12-9-13-19-48/h8-44,46H,45H2,1-7H3. The molecular formula is C66H61NO. The van der Waals surface area contributed by atoms with Gasteiger partial charge in [-0.25, -0.2) is 0 Å². The fourth-order valence-electron chi connectivity index (χ4n) is 10.8. The van der Waals surface area contributed by atoms with Crippen LogP contribution in [0.4, 0.5) is 17.1 Å². The van der Waals surface area contributed by atoms with Crippen molar-refractivity contribution in [2.75, 3.05) is 4.90 Å². The topological polar surface area (TPSA) is 12.5 Å². The zero-order valence-corrected chi connectivity index (χ0v) is 40.5. The molecule has 10 rings (SSSR count). The molecule has 0 radical (unpaired) electrons. The maximum Gasteiger partial charge on any atom is 0.127 e. The van der Waals surface area contributed by atoms with E-state index in [1.165, 1.54) is 66.8 Å². The molecule has 2 nitrogen and oxygen atoms in total. The van der Waals surface area contributed by atoms with Crippen molar-refractivity contribution in [1.29, 1.82) is 0 Å². The highest BCUT2D eigenvalue weighted by atomic mass is 16.5. The number of rotatable bonds is 12. The molecule has 9 aromatic carbocycles. The number of anilines is 3. The molecule has 0 saturated carbocycles. The minimum absolute atomic E-state index is 0.0122. The molecular weight excluding hydrogens is 823 g/mol. The van der Waals surface area contributed by atoms with E-state index in [9.17, 15) is 0 Å². The van der Waals surface area contributed by atoms with Gasteiger partial charge in [0.25, 0.3) is 0 Å². The lowest BCUT2D eigenvalue weighted by Crippen LogP contribution is -2.29. The molecule has 336 valence electrons. The monoisotopic (exact) mass is 883 g/mol. The number of ether oxygens (including phenoxy) is 1. The SMILES string of the molecule is CC(C)CC(C)(C)c1ccc(Oc2ccc(C3(c4ccc(C(C)(C)C)cc4)c4ccccc4-c4ccc(N(c5ccc(-c6ccccc6)cc5)c5ccc(-c6ccccc6)cc5)cc43)cc2)cc1. The molecule has 0 saturated heterocycles.